The molecule has 0 aliphatic rings. The van der Waals surface area contributed by atoms with Crippen LogP contribution < -0.4 is 10.1 Å². The van der Waals surface area contributed by atoms with Crippen molar-refractivity contribution in [1.29, 1.82) is 5.26 Å². The van der Waals surface area contributed by atoms with E-state index in [1.165, 1.54) is 6.07 Å². The van der Waals surface area contributed by atoms with Gasteiger partial charge in [-0.2, -0.15) is 5.26 Å². The Bertz CT molecular complexity index is 535. The molecular formula is C14H19N3O3. The fourth-order valence-corrected chi connectivity index (χ4v) is 1.82. The first-order chi connectivity index (χ1) is 9.35. The van der Waals surface area contributed by atoms with Crippen LogP contribution in [-0.2, 0) is 0 Å². The van der Waals surface area contributed by atoms with E-state index >= 15 is 0 Å². The number of rotatable bonds is 6. The zero-order valence-corrected chi connectivity index (χ0v) is 12.1. The van der Waals surface area contributed by atoms with Crippen molar-refractivity contribution in [3.8, 4) is 11.8 Å². The van der Waals surface area contributed by atoms with Gasteiger partial charge in [0.15, 0.2) is 0 Å². The molecule has 0 saturated heterocycles. The molecule has 20 heavy (non-hydrogen) atoms. The third-order valence-electron chi connectivity index (χ3n) is 2.79. The van der Waals surface area contributed by atoms with Crippen LogP contribution in [0.4, 0.5) is 5.69 Å². The number of nitro groups is 1. The smallest absolute Gasteiger partial charge is 0.272 e. The van der Waals surface area contributed by atoms with Crippen molar-refractivity contribution < 1.29 is 9.66 Å². The van der Waals surface area contributed by atoms with Gasteiger partial charge in [0.1, 0.15) is 18.4 Å². The number of aryl methyl sites for hydroxylation is 2. The molecular weight excluding hydrogens is 258 g/mol. The topological polar surface area (TPSA) is 88.2 Å². The van der Waals surface area contributed by atoms with Crippen molar-refractivity contribution in [3.05, 3.63) is 33.4 Å². The summed E-state index contributed by atoms with van der Waals surface area (Å²) in [6.45, 7) is 7.52. The molecule has 0 fully saturated rings. The van der Waals surface area contributed by atoms with E-state index in [-0.39, 0.29) is 18.3 Å². The van der Waals surface area contributed by atoms with Crippen LogP contribution in [0, 0.1) is 35.3 Å². The fourth-order valence-electron chi connectivity index (χ4n) is 1.82. The zero-order valence-electron chi connectivity index (χ0n) is 12.1. The Kier molecular flexibility index (Phi) is 5.47. The minimum atomic E-state index is -0.412. The Balaban J connectivity index is 2.81. The van der Waals surface area contributed by atoms with Gasteiger partial charge in [-0.15, -0.1) is 0 Å². The Labute approximate surface area is 118 Å². The van der Waals surface area contributed by atoms with Gasteiger partial charge in [0, 0.05) is 17.7 Å². The Hall–Kier alpha value is -2.13. The van der Waals surface area contributed by atoms with E-state index in [1.54, 1.807) is 19.9 Å². The molecule has 0 aliphatic carbocycles. The summed E-state index contributed by atoms with van der Waals surface area (Å²) in [6, 6.07) is 5.02. The van der Waals surface area contributed by atoms with Gasteiger partial charge < -0.3 is 4.74 Å². The normalized spacial score (nSPS) is 12.0. The van der Waals surface area contributed by atoms with Crippen molar-refractivity contribution >= 4 is 5.69 Å². The summed E-state index contributed by atoms with van der Waals surface area (Å²) in [4.78, 5) is 10.4. The number of nitrogens with one attached hydrogen (secondary N) is 1. The molecule has 108 valence electrons. The number of nitriles is 1. The van der Waals surface area contributed by atoms with Crippen LogP contribution in [0.15, 0.2) is 12.1 Å². The summed E-state index contributed by atoms with van der Waals surface area (Å²) < 4.78 is 5.60. The van der Waals surface area contributed by atoms with Crippen molar-refractivity contribution in [3.63, 3.8) is 0 Å². The maximum atomic E-state index is 10.8. The van der Waals surface area contributed by atoms with Gasteiger partial charge in [0.25, 0.3) is 5.69 Å². The molecule has 0 amide bonds. The molecule has 1 aromatic carbocycles. The van der Waals surface area contributed by atoms with E-state index in [0.717, 1.165) is 0 Å². The maximum absolute atomic E-state index is 10.8. The number of ether oxygens (including phenoxy) is 1. The summed E-state index contributed by atoms with van der Waals surface area (Å²) in [5.74, 6) is 0.568. The van der Waals surface area contributed by atoms with Crippen molar-refractivity contribution in [1.82, 2.24) is 5.32 Å². The molecule has 1 rings (SSSR count). The van der Waals surface area contributed by atoms with Gasteiger partial charge >= 0.3 is 0 Å². The first-order valence-corrected chi connectivity index (χ1v) is 6.39. The Morgan fingerprint density at radius 1 is 1.40 bits per heavy atom. The molecule has 0 spiro atoms. The van der Waals surface area contributed by atoms with Crippen LogP contribution in [0.5, 0.6) is 5.75 Å². The lowest BCUT2D eigenvalue weighted by atomic mass is 10.1. The number of nitro benzene ring substituents is 1. The lowest BCUT2D eigenvalue weighted by Gasteiger charge is -2.16. The quantitative estimate of drug-likeness (QED) is 0.637. The first kappa shape index (κ1) is 15.9. The van der Waals surface area contributed by atoms with Gasteiger partial charge in [0.05, 0.1) is 11.0 Å². The Morgan fingerprint density at radius 2 is 2.05 bits per heavy atom. The maximum Gasteiger partial charge on any atom is 0.272 e. The summed E-state index contributed by atoms with van der Waals surface area (Å²) in [5.41, 5.74) is 1.30. The average molecular weight is 277 g/mol. The van der Waals surface area contributed by atoms with Crippen molar-refractivity contribution in [2.45, 2.75) is 39.8 Å². The van der Waals surface area contributed by atoms with E-state index in [2.05, 4.69) is 11.4 Å². The fraction of sp³-hybridized carbons (Fsp3) is 0.500. The van der Waals surface area contributed by atoms with Crippen LogP contribution in [0.2, 0.25) is 0 Å². The minimum Gasteiger partial charge on any atom is -0.491 e. The number of hydrogen-bond acceptors (Lipinski definition) is 5. The number of hydrogen-bond donors (Lipinski definition) is 1. The summed E-state index contributed by atoms with van der Waals surface area (Å²) in [5, 5.41) is 22.9. The molecule has 1 atom stereocenters. The second-order valence-corrected chi connectivity index (χ2v) is 4.98. The van der Waals surface area contributed by atoms with Gasteiger partial charge in [-0.05, 0) is 39.3 Å². The molecule has 6 nitrogen and oxygen atoms in total. The SMILES string of the molecule is Cc1cc([N+](=O)[O-])c(C)cc1OCC(C#N)NC(C)C. The lowest BCUT2D eigenvalue weighted by Crippen LogP contribution is -2.38. The van der Waals surface area contributed by atoms with Gasteiger partial charge in [0.2, 0.25) is 0 Å². The molecule has 6 heteroatoms. The van der Waals surface area contributed by atoms with Gasteiger partial charge in [-0.1, -0.05) is 0 Å². The number of nitrogens with zero attached hydrogens (tertiary/aromatic N) is 2. The summed E-state index contributed by atoms with van der Waals surface area (Å²) >= 11 is 0. The molecule has 0 radical (unpaired) electrons. The van der Waals surface area contributed by atoms with Crippen molar-refractivity contribution in [2.24, 2.45) is 0 Å². The molecule has 0 bridgehead atoms. The molecule has 1 unspecified atom stereocenters. The summed E-state index contributed by atoms with van der Waals surface area (Å²) in [7, 11) is 0. The monoisotopic (exact) mass is 277 g/mol. The highest BCUT2D eigenvalue weighted by molar-refractivity contribution is 5.49. The molecule has 0 heterocycles. The molecule has 0 aliphatic heterocycles. The second kappa shape index (κ2) is 6.87. The molecule has 1 N–H and O–H groups in total. The van der Waals surface area contributed by atoms with E-state index in [4.69, 9.17) is 10.00 Å². The van der Waals surface area contributed by atoms with E-state index in [9.17, 15) is 10.1 Å². The third-order valence-corrected chi connectivity index (χ3v) is 2.79. The van der Waals surface area contributed by atoms with Crippen molar-refractivity contribution in [2.75, 3.05) is 6.61 Å². The molecule has 0 aromatic heterocycles. The van der Waals surface area contributed by atoms with Crippen LogP contribution in [0.3, 0.4) is 0 Å². The largest absolute Gasteiger partial charge is 0.491 e. The molecule has 1 aromatic rings. The first-order valence-electron chi connectivity index (χ1n) is 6.39. The standard InChI is InChI=1S/C14H19N3O3/c1-9(2)16-12(7-15)8-20-14-6-10(3)13(17(18)19)5-11(14)4/h5-6,9,12,16H,8H2,1-4H3. The van der Waals surface area contributed by atoms with Crippen LogP contribution in [0.25, 0.3) is 0 Å². The zero-order chi connectivity index (χ0) is 15.3. The van der Waals surface area contributed by atoms with Crippen LogP contribution in [-0.4, -0.2) is 23.6 Å². The molecule has 0 saturated carbocycles. The number of benzene rings is 1. The van der Waals surface area contributed by atoms with Gasteiger partial charge in [-0.3, -0.25) is 15.4 Å². The van der Waals surface area contributed by atoms with Crippen LogP contribution in [0.1, 0.15) is 25.0 Å². The van der Waals surface area contributed by atoms with E-state index in [0.29, 0.717) is 16.9 Å². The second-order valence-electron chi connectivity index (χ2n) is 4.98. The third kappa shape index (κ3) is 4.21. The lowest BCUT2D eigenvalue weighted by molar-refractivity contribution is -0.385. The van der Waals surface area contributed by atoms with E-state index in [1.807, 2.05) is 13.8 Å². The van der Waals surface area contributed by atoms with Crippen LogP contribution >= 0.6 is 0 Å². The highest BCUT2D eigenvalue weighted by Gasteiger charge is 2.15. The minimum absolute atomic E-state index is 0.0759. The van der Waals surface area contributed by atoms with Gasteiger partial charge in [-0.25, -0.2) is 0 Å². The predicted molar refractivity (Wildman–Crippen MR) is 75.7 cm³/mol. The Morgan fingerprint density at radius 3 is 2.55 bits per heavy atom. The van der Waals surface area contributed by atoms with E-state index < -0.39 is 11.0 Å². The average Bonchev–Trinajstić information content (AvgIpc) is 2.36. The highest BCUT2D eigenvalue weighted by atomic mass is 16.6. The highest BCUT2D eigenvalue weighted by Crippen LogP contribution is 2.27. The predicted octanol–water partition coefficient (Wildman–Crippen LogP) is 2.48. The summed E-state index contributed by atoms with van der Waals surface area (Å²) in [6.07, 6.45) is 0.